The fourth-order valence-electron chi connectivity index (χ4n) is 5.38. The van der Waals surface area contributed by atoms with Crippen LogP contribution < -0.4 is 32.4 Å². The van der Waals surface area contributed by atoms with Gasteiger partial charge in [-0.2, -0.15) is 0 Å². The molecule has 1 aromatic rings. The molecule has 10 nitrogen and oxygen atoms in total. The summed E-state index contributed by atoms with van der Waals surface area (Å²) in [6.07, 6.45) is 15.2. The molecule has 0 aliphatic heterocycles. The average Bonchev–Trinajstić information content (AvgIpc) is 3.06. The standard InChI is InChI=1S/C36H68N6O4.4ClH/c1-3-5-7-13-25-41(35(43)33(39)17-9-11-23-37)27-15-29-45-31-19-21-32(22-20-31)46-30-16-28-42(26-14-8-6-4-2)36(44)34(40)18-10-12-24-38;;;;/h19-22,33-34H,3-18,23-30,37-40H2,1-2H3;4*1H/t33-,34-;;;;/m0..../s1. The highest BCUT2D eigenvalue weighted by Crippen LogP contribution is 2.18. The van der Waals surface area contributed by atoms with E-state index >= 15 is 0 Å². The van der Waals surface area contributed by atoms with Crippen molar-refractivity contribution in [3.05, 3.63) is 24.3 Å². The Labute approximate surface area is 328 Å². The van der Waals surface area contributed by atoms with E-state index in [2.05, 4.69) is 13.8 Å². The lowest BCUT2D eigenvalue weighted by Gasteiger charge is -2.26. The first-order valence-electron chi connectivity index (χ1n) is 18.2. The van der Waals surface area contributed by atoms with Crippen LogP contribution in [-0.4, -0.2) is 86.2 Å². The van der Waals surface area contributed by atoms with Gasteiger partial charge >= 0.3 is 0 Å². The highest BCUT2D eigenvalue weighted by atomic mass is 35.5. The minimum absolute atomic E-state index is 0. The lowest BCUT2D eigenvalue weighted by Crippen LogP contribution is -2.45. The molecule has 0 saturated carbocycles. The van der Waals surface area contributed by atoms with Crippen LogP contribution in [0.25, 0.3) is 0 Å². The molecule has 1 aromatic carbocycles. The van der Waals surface area contributed by atoms with E-state index in [1.165, 1.54) is 12.8 Å². The minimum Gasteiger partial charge on any atom is -0.494 e. The number of rotatable bonds is 30. The van der Waals surface area contributed by atoms with Crippen LogP contribution in [0, 0.1) is 0 Å². The average molecular weight is 795 g/mol. The fraction of sp³-hybridized carbons (Fsp3) is 0.778. The third-order valence-electron chi connectivity index (χ3n) is 8.27. The first-order chi connectivity index (χ1) is 22.4. The molecule has 0 aromatic heterocycles. The molecule has 0 bridgehead atoms. The largest absolute Gasteiger partial charge is 0.494 e. The Bertz CT molecular complexity index is 837. The van der Waals surface area contributed by atoms with Gasteiger partial charge in [0.25, 0.3) is 0 Å². The van der Waals surface area contributed by atoms with E-state index in [-0.39, 0.29) is 61.4 Å². The van der Waals surface area contributed by atoms with Crippen LogP contribution in [0.5, 0.6) is 11.5 Å². The van der Waals surface area contributed by atoms with Crippen LogP contribution in [0.4, 0.5) is 0 Å². The second kappa shape index (κ2) is 37.5. The van der Waals surface area contributed by atoms with Gasteiger partial charge in [0.15, 0.2) is 0 Å². The number of carbonyl (C=O) groups is 2. The number of nitrogens with two attached hydrogens (primary N) is 4. The highest BCUT2D eigenvalue weighted by Gasteiger charge is 2.21. The van der Waals surface area contributed by atoms with Gasteiger partial charge in [0.1, 0.15) is 11.5 Å². The summed E-state index contributed by atoms with van der Waals surface area (Å²) in [6.45, 7) is 9.38. The molecular weight excluding hydrogens is 722 g/mol. The Kier molecular flexibility index (Phi) is 41.7. The predicted octanol–water partition coefficient (Wildman–Crippen LogP) is 6.64. The second-order valence-electron chi connectivity index (χ2n) is 12.4. The van der Waals surface area contributed by atoms with Gasteiger partial charge < -0.3 is 42.2 Å². The quantitative estimate of drug-likeness (QED) is 0.0630. The van der Waals surface area contributed by atoms with E-state index in [9.17, 15) is 9.59 Å². The Hall–Kier alpha value is -1.24. The van der Waals surface area contributed by atoms with Crippen molar-refractivity contribution in [3.8, 4) is 11.5 Å². The van der Waals surface area contributed by atoms with Gasteiger partial charge in [0, 0.05) is 26.2 Å². The number of hydrogen-bond acceptors (Lipinski definition) is 8. The Morgan fingerprint density at radius 2 is 0.880 bits per heavy atom. The maximum Gasteiger partial charge on any atom is 0.239 e. The molecule has 14 heteroatoms. The first-order valence-corrected chi connectivity index (χ1v) is 18.2. The maximum absolute atomic E-state index is 13.0. The third kappa shape index (κ3) is 26.5. The molecule has 50 heavy (non-hydrogen) atoms. The number of nitrogens with zero attached hydrogens (tertiary/aromatic N) is 2. The summed E-state index contributed by atoms with van der Waals surface area (Å²) >= 11 is 0. The van der Waals surface area contributed by atoms with Crippen molar-refractivity contribution in [2.45, 2.75) is 129 Å². The van der Waals surface area contributed by atoms with Gasteiger partial charge in [0.05, 0.1) is 25.3 Å². The summed E-state index contributed by atoms with van der Waals surface area (Å²) in [5.41, 5.74) is 23.7. The van der Waals surface area contributed by atoms with Crippen LogP contribution in [0.1, 0.15) is 117 Å². The van der Waals surface area contributed by atoms with Crippen molar-refractivity contribution in [3.63, 3.8) is 0 Å². The van der Waals surface area contributed by atoms with E-state index in [0.717, 1.165) is 102 Å². The number of amides is 2. The highest BCUT2D eigenvalue weighted by molar-refractivity contribution is 5.86. The Morgan fingerprint density at radius 3 is 1.20 bits per heavy atom. The molecule has 2 amide bonds. The van der Waals surface area contributed by atoms with Gasteiger partial charge in [-0.1, -0.05) is 65.2 Å². The SMILES string of the molecule is CCCCCCN(CCCOc1ccc(OCCCN(CCCCCC)C(=O)[C@@H](N)CCCCN)cc1)C(=O)[C@@H](N)CCCCN.Cl.Cl.Cl.Cl. The van der Waals surface area contributed by atoms with Crippen molar-refractivity contribution in [1.29, 1.82) is 0 Å². The Balaban J connectivity index is -0.00000264. The molecule has 0 unspecified atom stereocenters. The van der Waals surface area contributed by atoms with Crippen LogP contribution in [-0.2, 0) is 9.59 Å². The number of hydrogen-bond donors (Lipinski definition) is 4. The van der Waals surface area contributed by atoms with Crippen LogP contribution in [0.3, 0.4) is 0 Å². The van der Waals surface area contributed by atoms with Crippen LogP contribution in [0.2, 0.25) is 0 Å². The number of unbranched alkanes of at least 4 members (excludes halogenated alkanes) is 8. The summed E-state index contributed by atoms with van der Waals surface area (Å²) < 4.78 is 11.9. The smallest absolute Gasteiger partial charge is 0.239 e. The molecular formula is C36H72Cl4N6O4. The monoisotopic (exact) mass is 792 g/mol. The lowest BCUT2D eigenvalue weighted by molar-refractivity contribution is -0.133. The number of halogens is 4. The summed E-state index contributed by atoms with van der Waals surface area (Å²) in [5, 5.41) is 0. The fourth-order valence-corrected chi connectivity index (χ4v) is 5.38. The van der Waals surface area contributed by atoms with Crippen molar-refractivity contribution < 1.29 is 19.1 Å². The summed E-state index contributed by atoms with van der Waals surface area (Å²) in [5.74, 6) is 1.59. The summed E-state index contributed by atoms with van der Waals surface area (Å²) in [4.78, 5) is 29.9. The van der Waals surface area contributed by atoms with E-state index < -0.39 is 12.1 Å². The molecule has 1 rings (SSSR count). The van der Waals surface area contributed by atoms with Gasteiger partial charge in [0.2, 0.25) is 11.8 Å². The zero-order chi connectivity index (χ0) is 33.8. The maximum atomic E-state index is 13.0. The molecule has 0 heterocycles. The first kappa shape index (κ1) is 55.5. The second-order valence-corrected chi connectivity index (χ2v) is 12.4. The molecule has 298 valence electrons. The zero-order valence-corrected chi connectivity index (χ0v) is 34.2. The van der Waals surface area contributed by atoms with Crippen molar-refractivity contribution in [1.82, 2.24) is 9.80 Å². The van der Waals surface area contributed by atoms with E-state index in [1.54, 1.807) is 0 Å². The van der Waals surface area contributed by atoms with Crippen molar-refractivity contribution in [2.75, 3.05) is 52.5 Å². The molecule has 2 atom stereocenters. The number of ether oxygens (including phenoxy) is 2. The lowest BCUT2D eigenvalue weighted by atomic mass is 10.1. The minimum atomic E-state index is -0.468. The molecule has 0 aliphatic carbocycles. The third-order valence-corrected chi connectivity index (χ3v) is 8.27. The van der Waals surface area contributed by atoms with Crippen LogP contribution >= 0.6 is 49.6 Å². The molecule has 0 radical (unpaired) electrons. The van der Waals surface area contributed by atoms with Gasteiger partial charge in [-0.25, -0.2) is 0 Å². The van der Waals surface area contributed by atoms with Crippen molar-refractivity contribution in [2.24, 2.45) is 22.9 Å². The van der Waals surface area contributed by atoms with E-state index in [0.29, 0.717) is 52.2 Å². The van der Waals surface area contributed by atoms with Gasteiger partial charge in [-0.15, -0.1) is 49.6 Å². The summed E-state index contributed by atoms with van der Waals surface area (Å²) in [7, 11) is 0. The predicted molar refractivity (Wildman–Crippen MR) is 219 cm³/mol. The van der Waals surface area contributed by atoms with E-state index in [1.807, 2.05) is 34.1 Å². The van der Waals surface area contributed by atoms with Crippen molar-refractivity contribution >= 4 is 61.4 Å². The molecule has 0 saturated heterocycles. The topological polar surface area (TPSA) is 163 Å². The molecule has 0 fully saturated rings. The molecule has 0 aliphatic rings. The molecule has 8 N–H and O–H groups in total. The number of carbonyl (C=O) groups excluding carboxylic acids is 2. The molecule has 0 spiro atoms. The summed E-state index contributed by atoms with van der Waals surface area (Å²) in [6, 6.07) is 6.68. The number of benzene rings is 1. The van der Waals surface area contributed by atoms with Gasteiger partial charge in [-0.05, 0) is 88.7 Å². The normalized spacial score (nSPS) is 11.5. The zero-order valence-electron chi connectivity index (χ0n) is 30.9. The van der Waals surface area contributed by atoms with Gasteiger partial charge in [-0.3, -0.25) is 9.59 Å². The Morgan fingerprint density at radius 1 is 0.540 bits per heavy atom. The van der Waals surface area contributed by atoms with Crippen LogP contribution in [0.15, 0.2) is 24.3 Å². The van der Waals surface area contributed by atoms with E-state index in [4.69, 9.17) is 32.4 Å².